The Morgan fingerprint density at radius 2 is 1.77 bits per heavy atom. The van der Waals surface area contributed by atoms with Gasteiger partial charge >= 0.3 is 0 Å². The normalized spacial score (nSPS) is 14.7. The highest BCUT2D eigenvalue weighted by atomic mass is 32.2. The van der Waals surface area contributed by atoms with Crippen LogP contribution < -0.4 is 10.6 Å². The zero-order valence-corrected chi connectivity index (χ0v) is 15.9. The van der Waals surface area contributed by atoms with Gasteiger partial charge in [-0.2, -0.15) is 4.98 Å². The van der Waals surface area contributed by atoms with Crippen molar-refractivity contribution in [3.05, 3.63) is 54.1 Å². The second kappa shape index (κ2) is 7.96. The first-order valence-electron chi connectivity index (χ1n) is 9.22. The van der Waals surface area contributed by atoms with E-state index >= 15 is 0 Å². The summed E-state index contributed by atoms with van der Waals surface area (Å²) < 4.78 is 0. The lowest BCUT2D eigenvalue weighted by Gasteiger charge is -2.16. The number of hydrogen-bond acceptors (Lipinski definition) is 5. The summed E-state index contributed by atoms with van der Waals surface area (Å²) in [5.74, 6) is 1.63. The van der Waals surface area contributed by atoms with Crippen LogP contribution in [0.5, 0.6) is 0 Å². The van der Waals surface area contributed by atoms with Gasteiger partial charge in [0.1, 0.15) is 5.82 Å². The van der Waals surface area contributed by atoms with E-state index in [1.165, 1.54) is 36.1 Å². The molecule has 4 rings (SSSR count). The predicted molar refractivity (Wildman–Crippen MR) is 111 cm³/mol. The SMILES string of the molecule is CSc1ccc(CNc2nc(NC3CCCC3)c3ccccc3n2)cc1. The molecule has 2 aromatic carbocycles. The molecule has 1 aliphatic rings. The second-order valence-corrected chi connectivity index (χ2v) is 7.62. The summed E-state index contributed by atoms with van der Waals surface area (Å²) in [5, 5.41) is 8.12. The van der Waals surface area contributed by atoms with Crippen LogP contribution in [0, 0.1) is 0 Å². The molecule has 1 saturated carbocycles. The van der Waals surface area contributed by atoms with E-state index in [0.29, 0.717) is 12.0 Å². The molecule has 0 bridgehead atoms. The number of hydrogen-bond donors (Lipinski definition) is 2. The number of aromatic nitrogens is 2. The van der Waals surface area contributed by atoms with Crippen molar-refractivity contribution in [3.8, 4) is 0 Å². The Labute approximate surface area is 158 Å². The highest BCUT2D eigenvalue weighted by Crippen LogP contribution is 2.27. The van der Waals surface area contributed by atoms with Gasteiger partial charge in [0, 0.05) is 22.9 Å². The van der Waals surface area contributed by atoms with Gasteiger partial charge in [0.05, 0.1) is 5.52 Å². The van der Waals surface area contributed by atoms with Crippen molar-refractivity contribution in [3.63, 3.8) is 0 Å². The maximum Gasteiger partial charge on any atom is 0.225 e. The zero-order chi connectivity index (χ0) is 17.8. The van der Waals surface area contributed by atoms with Gasteiger partial charge in [-0.05, 0) is 48.9 Å². The van der Waals surface area contributed by atoms with Gasteiger partial charge < -0.3 is 10.6 Å². The average molecular weight is 365 g/mol. The molecule has 1 heterocycles. The summed E-state index contributed by atoms with van der Waals surface area (Å²) in [6.07, 6.45) is 7.15. The smallest absolute Gasteiger partial charge is 0.225 e. The molecular formula is C21H24N4S. The molecule has 26 heavy (non-hydrogen) atoms. The first-order chi connectivity index (χ1) is 12.8. The van der Waals surface area contributed by atoms with E-state index in [9.17, 15) is 0 Å². The number of anilines is 2. The van der Waals surface area contributed by atoms with Gasteiger partial charge in [-0.1, -0.05) is 37.1 Å². The van der Waals surface area contributed by atoms with Crippen LogP contribution in [0.4, 0.5) is 11.8 Å². The third-order valence-corrected chi connectivity index (χ3v) is 5.65. The van der Waals surface area contributed by atoms with Crippen LogP contribution in [-0.2, 0) is 6.54 Å². The predicted octanol–water partition coefficient (Wildman–Crippen LogP) is 5.32. The summed E-state index contributed by atoms with van der Waals surface area (Å²) in [6.45, 7) is 0.718. The number of benzene rings is 2. The lowest BCUT2D eigenvalue weighted by Crippen LogP contribution is -2.17. The number of para-hydroxylation sites is 1. The maximum absolute atomic E-state index is 4.78. The first kappa shape index (κ1) is 17.2. The topological polar surface area (TPSA) is 49.8 Å². The van der Waals surface area contributed by atoms with E-state index in [0.717, 1.165) is 23.3 Å². The van der Waals surface area contributed by atoms with Gasteiger partial charge in [0.15, 0.2) is 0 Å². The fourth-order valence-corrected chi connectivity index (χ4v) is 3.86. The molecule has 0 spiro atoms. The van der Waals surface area contributed by atoms with Crippen molar-refractivity contribution < 1.29 is 0 Å². The Balaban J connectivity index is 1.55. The molecule has 0 atom stereocenters. The number of rotatable bonds is 6. The minimum Gasteiger partial charge on any atom is -0.367 e. The van der Waals surface area contributed by atoms with Crippen molar-refractivity contribution in [2.45, 2.75) is 43.2 Å². The fraction of sp³-hybridized carbons (Fsp3) is 0.333. The van der Waals surface area contributed by atoms with Crippen molar-refractivity contribution in [2.24, 2.45) is 0 Å². The van der Waals surface area contributed by atoms with Crippen LogP contribution >= 0.6 is 11.8 Å². The molecular weight excluding hydrogens is 340 g/mol. The van der Waals surface area contributed by atoms with Crippen LogP contribution in [0.15, 0.2) is 53.4 Å². The Bertz CT molecular complexity index is 873. The number of nitrogens with zero attached hydrogens (tertiary/aromatic N) is 2. The summed E-state index contributed by atoms with van der Waals surface area (Å²) in [4.78, 5) is 10.7. The average Bonchev–Trinajstić information content (AvgIpc) is 3.20. The molecule has 1 aromatic heterocycles. The Morgan fingerprint density at radius 3 is 2.54 bits per heavy atom. The zero-order valence-electron chi connectivity index (χ0n) is 15.0. The molecule has 3 aromatic rings. The quantitative estimate of drug-likeness (QED) is 0.580. The van der Waals surface area contributed by atoms with Crippen LogP contribution in [0.2, 0.25) is 0 Å². The maximum atomic E-state index is 4.78. The molecule has 0 aliphatic heterocycles. The molecule has 2 N–H and O–H groups in total. The molecule has 1 aliphatic carbocycles. The molecule has 0 amide bonds. The van der Waals surface area contributed by atoms with Gasteiger partial charge in [0.2, 0.25) is 5.95 Å². The van der Waals surface area contributed by atoms with Crippen molar-refractivity contribution in [2.75, 3.05) is 16.9 Å². The molecule has 1 fully saturated rings. The minimum atomic E-state index is 0.528. The Hall–Kier alpha value is -2.27. The molecule has 4 nitrogen and oxygen atoms in total. The number of fused-ring (bicyclic) bond motifs is 1. The third-order valence-electron chi connectivity index (χ3n) is 4.91. The van der Waals surface area contributed by atoms with E-state index in [2.05, 4.69) is 53.3 Å². The van der Waals surface area contributed by atoms with E-state index in [1.807, 2.05) is 12.1 Å². The van der Waals surface area contributed by atoms with E-state index in [-0.39, 0.29) is 0 Å². The summed E-state index contributed by atoms with van der Waals surface area (Å²) in [6, 6.07) is 17.3. The van der Waals surface area contributed by atoms with Crippen LogP contribution in [0.25, 0.3) is 10.9 Å². The molecule has 0 radical (unpaired) electrons. The molecule has 134 valence electrons. The Morgan fingerprint density at radius 1 is 1.00 bits per heavy atom. The van der Waals surface area contributed by atoms with Gasteiger partial charge in [-0.25, -0.2) is 4.98 Å². The summed E-state index contributed by atoms with van der Waals surface area (Å²) in [7, 11) is 0. The lowest BCUT2D eigenvalue weighted by atomic mass is 10.2. The first-order valence-corrected chi connectivity index (χ1v) is 10.4. The van der Waals surface area contributed by atoms with Crippen LogP contribution in [-0.4, -0.2) is 22.3 Å². The largest absolute Gasteiger partial charge is 0.367 e. The monoisotopic (exact) mass is 364 g/mol. The summed E-state index contributed by atoms with van der Waals surface area (Å²) >= 11 is 1.76. The third kappa shape index (κ3) is 3.93. The highest BCUT2D eigenvalue weighted by molar-refractivity contribution is 7.98. The van der Waals surface area contributed by atoms with Gasteiger partial charge in [-0.15, -0.1) is 11.8 Å². The van der Waals surface area contributed by atoms with Crippen LogP contribution in [0.1, 0.15) is 31.2 Å². The highest BCUT2D eigenvalue weighted by Gasteiger charge is 2.17. The lowest BCUT2D eigenvalue weighted by molar-refractivity contribution is 0.751. The van der Waals surface area contributed by atoms with E-state index in [1.54, 1.807) is 11.8 Å². The molecule has 0 saturated heterocycles. The van der Waals surface area contributed by atoms with Crippen molar-refractivity contribution in [1.82, 2.24) is 9.97 Å². The van der Waals surface area contributed by atoms with Crippen molar-refractivity contribution in [1.29, 1.82) is 0 Å². The fourth-order valence-electron chi connectivity index (χ4n) is 3.45. The second-order valence-electron chi connectivity index (χ2n) is 6.74. The minimum absolute atomic E-state index is 0.528. The number of nitrogens with one attached hydrogen (secondary N) is 2. The summed E-state index contributed by atoms with van der Waals surface area (Å²) in [5.41, 5.74) is 2.20. The number of thioether (sulfide) groups is 1. The van der Waals surface area contributed by atoms with Crippen LogP contribution in [0.3, 0.4) is 0 Å². The van der Waals surface area contributed by atoms with Crippen molar-refractivity contribution >= 4 is 34.4 Å². The molecule has 0 unspecified atom stereocenters. The Kier molecular flexibility index (Phi) is 5.25. The van der Waals surface area contributed by atoms with Gasteiger partial charge in [-0.3, -0.25) is 0 Å². The van der Waals surface area contributed by atoms with E-state index < -0.39 is 0 Å². The molecule has 5 heteroatoms. The van der Waals surface area contributed by atoms with Gasteiger partial charge in [0.25, 0.3) is 0 Å². The van der Waals surface area contributed by atoms with E-state index in [4.69, 9.17) is 9.97 Å². The standard InChI is InChI=1S/C21H24N4S/c1-26-17-12-10-15(11-13-17)14-22-21-24-19-9-5-4-8-18(19)20(25-21)23-16-6-2-3-7-16/h4-5,8-13,16H,2-3,6-7,14H2,1H3,(H2,22,23,24,25).